The van der Waals surface area contributed by atoms with Crippen molar-refractivity contribution in [3.8, 4) is 17.6 Å². The van der Waals surface area contributed by atoms with Crippen LogP contribution in [0.3, 0.4) is 0 Å². The van der Waals surface area contributed by atoms with E-state index in [0.717, 1.165) is 17.5 Å². The molecule has 33 heavy (non-hydrogen) atoms. The third kappa shape index (κ3) is 6.38. The second-order valence-corrected chi connectivity index (χ2v) is 7.56. The summed E-state index contributed by atoms with van der Waals surface area (Å²) in [5.41, 5.74) is 3.21. The largest absolute Gasteiger partial charge is 0.490 e. The first-order chi connectivity index (χ1) is 16.0. The number of rotatable bonds is 9. The molecule has 0 radical (unpaired) electrons. The molecule has 1 amide bonds. The van der Waals surface area contributed by atoms with E-state index in [0.29, 0.717) is 34.4 Å². The van der Waals surface area contributed by atoms with Crippen molar-refractivity contribution in [2.24, 2.45) is 0 Å². The quantitative estimate of drug-likeness (QED) is 0.295. The number of amides is 1. The molecular weight excluding hydrogens is 436 g/mol. The summed E-state index contributed by atoms with van der Waals surface area (Å²) in [5, 5.41) is 13.0. The summed E-state index contributed by atoms with van der Waals surface area (Å²) in [7, 11) is 0. The molecule has 0 heterocycles. The van der Waals surface area contributed by atoms with Gasteiger partial charge in [0.25, 0.3) is 5.91 Å². The van der Waals surface area contributed by atoms with Crippen LogP contribution in [-0.4, -0.2) is 12.5 Å². The minimum absolute atomic E-state index is 0.00640. The number of nitrogens with one attached hydrogen (secondary N) is 1. The van der Waals surface area contributed by atoms with Crippen molar-refractivity contribution in [3.63, 3.8) is 0 Å². The van der Waals surface area contributed by atoms with Gasteiger partial charge in [-0.1, -0.05) is 61.0 Å². The number of carbonyl (C=O) groups excluding carboxylic acids is 1. The van der Waals surface area contributed by atoms with Gasteiger partial charge < -0.3 is 14.8 Å². The van der Waals surface area contributed by atoms with E-state index in [1.54, 1.807) is 18.2 Å². The Morgan fingerprint density at radius 2 is 1.73 bits per heavy atom. The molecule has 0 spiro atoms. The van der Waals surface area contributed by atoms with E-state index in [-0.39, 0.29) is 12.2 Å². The Bertz CT molecular complexity index is 1200. The van der Waals surface area contributed by atoms with E-state index < -0.39 is 5.91 Å². The second kappa shape index (κ2) is 11.8. The van der Waals surface area contributed by atoms with Crippen molar-refractivity contribution in [1.82, 2.24) is 0 Å². The van der Waals surface area contributed by atoms with Crippen LogP contribution in [0, 0.1) is 11.3 Å². The molecule has 0 aliphatic carbocycles. The molecule has 0 aromatic heterocycles. The molecule has 0 saturated heterocycles. The summed E-state index contributed by atoms with van der Waals surface area (Å²) < 4.78 is 11.6. The third-order valence-corrected chi connectivity index (χ3v) is 5.30. The van der Waals surface area contributed by atoms with E-state index in [2.05, 4.69) is 5.32 Å². The van der Waals surface area contributed by atoms with Crippen molar-refractivity contribution in [2.45, 2.75) is 26.9 Å². The average molecular weight is 461 g/mol. The van der Waals surface area contributed by atoms with Crippen LogP contribution in [0.4, 0.5) is 5.69 Å². The number of ether oxygens (including phenoxy) is 2. The highest BCUT2D eigenvalue weighted by Crippen LogP contribution is 2.31. The Hall–Kier alpha value is -3.75. The highest BCUT2D eigenvalue weighted by atomic mass is 35.5. The molecule has 5 nitrogen and oxygen atoms in total. The van der Waals surface area contributed by atoms with E-state index >= 15 is 0 Å². The molecule has 0 unspecified atom stereocenters. The summed E-state index contributed by atoms with van der Waals surface area (Å²) in [6, 6.07) is 22.3. The molecule has 3 aromatic carbocycles. The first-order valence-electron chi connectivity index (χ1n) is 10.7. The van der Waals surface area contributed by atoms with Gasteiger partial charge >= 0.3 is 0 Å². The van der Waals surface area contributed by atoms with Gasteiger partial charge in [-0.05, 0) is 54.8 Å². The molecule has 3 aromatic rings. The van der Waals surface area contributed by atoms with Gasteiger partial charge in [-0.15, -0.1) is 0 Å². The van der Waals surface area contributed by atoms with E-state index in [4.69, 9.17) is 21.1 Å². The van der Waals surface area contributed by atoms with Gasteiger partial charge in [0, 0.05) is 16.3 Å². The predicted molar refractivity (Wildman–Crippen MR) is 131 cm³/mol. The zero-order valence-corrected chi connectivity index (χ0v) is 19.4. The van der Waals surface area contributed by atoms with Crippen LogP contribution in [0.2, 0.25) is 5.02 Å². The Labute approximate surface area is 199 Å². The number of hydrogen-bond acceptors (Lipinski definition) is 4. The molecular formula is C27H25ClN2O3. The van der Waals surface area contributed by atoms with Crippen molar-refractivity contribution in [1.29, 1.82) is 5.26 Å². The Morgan fingerprint density at radius 1 is 1.00 bits per heavy atom. The van der Waals surface area contributed by atoms with Gasteiger partial charge in [0.05, 0.1) is 6.61 Å². The van der Waals surface area contributed by atoms with Crippen LogP contribution in [0.5, 0.6) is 11.5 Å². The van der Waals surface area contributed by atoms with Crippen LogP contribution in [0.15, 0.2) is 72.3 Å². The fourth-order valence-corrected chi connectivity index (χ4v) is 3.42. The summed E-state index contributed by atoms with van der Waals surface area (Å²) in [6.45, 7) is 4.61. The molecule has 3 rings (SSSR count). The maximum absolute atomic E-state index is 12.7. The maximum atomic E-state index is 12.7. The third-order valence-electron chi connectivity index (χ3n) is 4.93. The molecule has 0 saturated carbocycles. The predicted octanol–water partition coefficient (Wildman–Crippen LogP) is 6.43. The number of para-hydroxylation sites is 1. The van der Waals surface area contributed by atoms with Crippen LogP contribution >= 0.6 is 11.6 Å². The number of benzene rings is 3. The molecule has 1 N–H and O–H groups in total. The average Bonchev–Trinajstić information content (AvgIpc) is 2.83. The Balaban J connectivity index is 1.80. The van der Waals surface area contributed by atoms with Crippen molar-refractivity contribution in [3.05, 3.63) is 94.0 Å². The zero-order chi connectivity index (χ0) is 23.6. The highest BCUT2D eigenvalue weighted by molar-refractivity contribution is 6.31. The van der Waals surface area contributed by atoms with Crippen LogP contribution in [0.25, 0.3) is 6.08 Å². The summed E-state index contributed by atoms with van der Waals surface area (Å²) in [5.74, 6) is 0.608. The number of carbonyl (C=O) groups is 1. The van der Waals surface area contributed by atoms with E-state index in [1.807, 2.05) is 68.4 Å². The molecule has 0 aliphatic rings. The number of anilines is 1. The lowest BCUT2D eigenvalue weighted by molar-refractivity contribution is -0.112. The minimum Gasteiger partial charge on any atom is -0.490 e. The maximum Gasteiger partial charge on any atom is 0.266 e. The fourth-order valence-electron chi connectivity index (χ4n) is 3.23. The minimum atomic E-state index is -0.463. The lowest BCUT2D eigenvalue weighted by atomic mass is 10.1. The van der Waals surface area contributed by atoms with Crippen LogP contribution in [0.1, 0.15) is 30.5 Å². The first-order valence-corrected chi connectivity index (χ1v) is 11.1. The van der Waals surface area contributed by atoms with Crippen molar-refractivity contribution < 1.29 is 14.3 Å². The first kappa shape index (κ1) is 23.9. The topological polar surface area (TPSA) is 71.3 Å². The summed E-state index contributed by atoms with van der Waals surface area (Å²) in [4.78, 5) is 12.7. The SMILES string of the molecule is CCOc1cc(/C=C(\C#N)C(=O)Nc2ccccc2CC)ccc1OCc1ccccc1Cl. The normalized spacial score (nSPS) is 10.9. The van der Waals surface area contributed by atoms with Crippen LogP contribution < -0.4 is 14.8 Å². The summed E-state index contributed by atoms with van der Waals surface area (Å²) in [6.07, 6.45) is 2.31. The monoisotopic (exact) mass is 460 g/mol. The Morgan fingerprint density at radius 3 is 2.42 bits per heavy atom. The second-order valence-electron chi connectivity index (χ2n) is 7.15. The molecule has 6 heteroatoms. The van der Waals surface area contributed by atoms with Crippen molar-refractivity contribution in [2.75, 3.05) is 11.9 Å². The number of nitrogens with zero attached hydrogens (tertiary/aromatic N) is 1. The van der Waals surface area contributed by atoms with Crippen LogP contribution in [-0.2, 0) is 17.8 Å². The highest BCUT2D eigenvalue weighted by Gasteiger charge is 2.13. The van der Waals surface area contributed by atoms with E-state index in [1.165, 1.54) is 6.08 Å². The standard InChI is InChI=1S/C27H25ClN2O3/c1-3-20-9-6-8-12-24(20)30-27(31)22(17-29)15-19-13-14-25(26(16-19)32-4-2)33-18-21-10-5-7-11-23(21)28/h5-16H,3-4,18H2,1-2H3,(H,30,31)/b22-15+. The fraction of sp³-hybridized carbons (Fsp3) is 0.185. The smallest absolute Gasteiger partial charge is 0.266 e. The lowest BCUT2D eigenvalue weighted by Crippen LogP contribution is -2.14. The lowest BCUT2D eigenvalue weighted by Gasteiger charge is -2.13. The van der Waals surface area contributed by atoms with Gasteiger partial charge in [-0.25, -0.2) is 0 Å². The Kier molecular flexibility index (Phi) is 8.51. The number of aryl methyl sites for hydroxylation is 1. The van der Waals surface area contributed by atoms with Gasteiger partial charge in [0.15, 0.2) is 11.5 Å². The number of nitriles is 1. The van der Waals surface area contributed by atoms with Gasteiger partial charge in [-0.2, -0.15) is 5.26 Å². The van der Waals surface area contributed by atoms with Crippen molar-refractivity contribution >= 4 is 29.3 Å². The van der Waals surface area contributed by atoms with Gasteiger partial charge in [0.1, 0.15) is 18.2 Å². The van der Waals surface area contributed by atoms with E-state index in [9.17, 15) is 10.1 Å². The molecule has 0 fully saturated rings. The molecule has 0 aliphatic heterocycles. The molecule has 0 atom stereocenters. The number of halogens is 1. The zero-order valence-electron chi connectivity index (χ0n) is 18.6. The molecule has 0 bridgehead atoms. The van der Waals surface area contributed by atoms with Gasteiger partial charge in [-0.3, -0.25) is 4.79 Å². The summed E-state index contributed by atoms with van der Waals surface area (Å²) >= 11 is 6.21. The van der Waals surface area contributed by atoms with Gasteiger partial charge in [0.2, 0.25) is 0 Å². The number of hydrogen-bond donors (Lipinski definition) is 1. The molecule has 168 valence electrons.